The highest BCUT2D eigenvalue weighted by molar-refractivity contribution is 6.42. The fourth-order valence-corrected chi connectivity index (χ4v) is 3.13. The van der Waals surface area contributed by atoms with E-state index in [1.54, 1.807) is 6.07 Å². The first kappa shape index (κ1) is 16.0. The Morgan fingerprint density at radius 2 is 1.68 bits per heavy atom. The summed E-state index contributed by atoms with van der Waals surface area (Å²) in [6.07, 6.45) is 2.62. The first-order chi connectivity index (χ1) is 12.2. The minimum Gasteiger partial charge on any atom is -0.365 e. The molecule has 0 aliphatic heterocycles. The van der Waals surface area contributed by atoms with Crippen LogP contribution in [0.25, 0.3) is 22.5 Å². The number of imidazole rings is 1. The maximum Gasteiger partial charge on any atom is 0.113 e. The lowest BCUT2D eigenvalue weighted by Crippen LogP contribution is -1.90. The number of rotatable bonds is 4. The van der Waals surface area contributed by atoms with Crippen LogP contribution in [0.4, 0.5) is 0 Å². The average molecular weight is 368 g/mol. The molecule has 0 saturated heterocycles. The summed E-state index contributed by atoms with van der Waals surface area (Å²) < 4.78 is 0. The lowest BCUT2D eigenvalue weighted by atomic mass is 10.1. The summed E-state index contributed by atoms with van der Waals surface area (Å²) in [5.74, 6) is 0.891. The van der Waals surface area contributed by atoms with Crippen molar-refractivity contribution in [2.45, 2.75) is 6.42 Å². The van der Waals surface area contributed by atoms with E-state index >= 15 is 0 Å². The zero-order valence-corrected chi connectivity index (χ0v) is 14.8. The Balaban J connectivity index is 1.82. The number of hydrogen-bond acceptors (Lipinski definition) is 1. The summed E-state index contributed by atoms with van der Waals surface area (Å²) in [4.78, 5) is 11.5. The fraction of sp³-hybridized carbons (Fsp3) is 0.0500. The lowest BCUT2D eigenvalue weighted by molar-refractivity contribution is 0.993. The third-order valence-electron chi connectivity index (χ3n) is 4.03. The zero-order valence-electron chi connectivity index (χ0n) is 13.3. The van der Waals surface area contributed by atoms with Gasteiger partial charge in [0.05, 0.1) is 21.4 Å². The normalized spacial score (nSPS) is 11.0. The number of nitrogens with zero attached hydrogens (tertiary/aromatic N) is 1. The van der Waals surface area contributed by atoms with Crippen molar-refractivity contribution in [2.75, 3.05) is 0 Å². The van der Waals surface area contributed by atoms with Gasteiger partial charge in [0.1, 0.15) is 5.82 Å². The van der Waals surface area contributed by atoms with E-state index in [-0.39, 0.29) is 0 Å². The van der Waals surface area contributed by atoms with Gasteiger partial charge in [-0.25, -0.2) is 4.98 Å². The van der Waals surface area contributed by atoms with Gasteiger partial charge in [-0.2, -0.15) is 0 Å². The van der Waals surface area contributed by atoms with E-state index in [0.717, 1.165) is 34.0 Å². The minimum absolute atomic E-state index is 0.520. The van der Waals surface area contributed by atoms with Gasteiger partial charge in [-0.05, 0) is 24.3 Å². The molecule has 4 rings (SSSR count). The molecule has 0 unspecified atom stereocenters. The van der Waals surface area contributed by atoms with E-state index in [2.05, 4.69) is 22.1 Å². The SMILES string of the molecule is Clc1ccc(-c2nc(Cc3ccc[nH]3)[nH]c2-c2ccccc2)cc1Cl. The van der Waals surface area contributed by atoms with E-state index in [1.807, 2.05) is 48.7 Å². The predicted molar refractivity (Wildman–Crippen MR) is 103 cm³/mol. The van der Waals surface area contributed by atoms with Gasteiger partial charge in [-0.3, -0.25) is 0 Å². The molecule has 25 heavy (non-hydrogen) atoms. The summed E-state index contributed by atoms with van der Waals surface area (Å²) >= 11 is 12.3. The van der Waals surface area contributed by atoms with Gasteiger partial charge in [-0.15, -0.1) is 0 Å². The summed E-state index contributed by atoms with van der Waals surface area (Å²) in [7, 11) is 0. The van der Waals surface area contributed by atoms with Crippen LogP contribution in [0.5, 0.6) is 0 Å². The lowest BCUT2D eigenvalue weighted by Gasteiger charge is -2.04. The van der Waals surface area contributed by atoms with E-state index in [9.17, 15) is 0 Å². The van der Waals surface area contributed by atoms with Crippen molar-refractivity contribution in [1.82, 2.24) is 15.0 Å². The Morgan fingerprint density at radius 3 is 2.40 bits per heavy atom. The van der Waals surface area contributed by atoms with Gasteiger partial charge in [0.15, 0.2) is 0 Å². The third kappa shape index (κ3) is 3.34. The van der Waals surface area contributed by atoms with Gasteiger partial charge >= 0.3 is 0 Å². The molecule has 2 heterocycles. The second-order valence-corrected chi connectivity index (χ2v) is 6.59. The molecule has 0 saturated carbocycles. The number of aromatic amines is 2. The number of benzene rings is 2. The molecule has 2 N–H and O–H groups in total. The molecular formula is C20H15Cl2N3. The molecule has 0 bridgehead atoms. The van der Waals surface area contributed by atoms with Crippen molar-refractivity contribution in [2.24, 2.45) is 0 Å². The molecule has 0 spiro atoms. The number of halogens is 2. The molecular weight excluding hydrogens is 353 g/mol. The summed E-state index contributed by atoms with van der Waals surface area (Å²) in [5, 5.41) is 1.06. The second kappa shape index (κ2) is 6.79. The molecule has 0 radical (unpaired) electrons. The molecule has 4 aromatic rings. The largest absolute Gasteiger partial charge is 0.365 e. The third-order valence-corrected chi connectivity index (χ3v) is 4.77. The smallest absolute Gasteiger partial charge is 0.113 e. The molecule has 5 heteroatoms. The van der Waals surface area contributed by atoms with Crippen molar-refractivity contribution in [3.63, 3.8) is 0 Å². The van der Waals surface area contributed by atoms with E-state index in [1.165, 1.54) is 0 Å². The maximum absolute atomic E-state index is 6.21. The Morgan fingerprint density at radius 1 is 0.840 bits per heavy atom. The average Bonchev–Trinajstić information content (AvgIpc) is 3.28. The number of nitrogens with one attached hydrogen (secondary N) is 2. The predicted octanol–water partition coefficient (Wildman–Crippen LogP) is 5.97. The molecule has 3 nitrogen and oxygen atoms in total. The first-order valence-corrected chi connectivity index (χ1v) is 8.68. The van der Waals surface area contributed by atoms with Crippen molar-refractivity contribution >= 4 is 23.2 Å². The van der Waals surface area contributed by atoms with Gasteiger partial charge in [-0.1, -0.05) is 59.6 Å². The van der Waals surface area contributed by atoms with Crippen LogP contribution in [0.2, 0.25) is 10.0 Å². The molecule has 0 atom stereocenters. The van der Waals surface area contributed by atoms with Crippen LogP contribution in [0.3, 0.4) is 0 Å². The van der Waals surface area contributed by atoms with Gasteiger partial charge < -0.3 is 9.97 Å². The molecule has 124 valence electrons. The van der Waals surface area contributed by atoms with Crippen LogP contribution in [-0.2, 0) is 6.42 Å². The molecule has 0 aliphatic rings. The minimum atomic E-state index is 0.520. The van der Waals surface area contributed by atoms with Crippen molar-refractivity contribution in [1.29, 1.82) is 0 Å². The van der Waals surface area contributed by atoms with Crippen LogP contribution in [-0.4, -0.2) is 15.0 Å². The fourth-order valence-electron chi connectivity index (χ4n) is 2.83. The maximum atomic E-state index is 6.21. The Bertz CT molecular complexity index is 989. The van der Waals surface area contributed by atoms with E-state index in [4.69, 9.17) is 28.2 Å². The van der Waals surface area contributed by atoms with Crippen LogP contribution in [0.15, 0.2) is 66.9 Å². The Labute approximate surface area is 155 Å². The highest BCUT2D eigenvalue weighted by Gasteiger charge is 2.15. The summed E-state index contributed by atoms with van der Waals surface area (Å²) in [5.41, 5.74) is 4.96. The van der Waals surface area contributed by atoms with Crippen molar-refractivity contribution in [3.05, 3.63) is 88.4 Å². The quantitative estimate of drug-likeness (QED) is 0.458. The van der Waals surface area contributed by atoms with Gasteiger partial charge in [0, 0.05) is 29.4 Å². The molecule has 2 aromatic heterocycles. The van der Waals surface area contributed by atoms with Gasteiger partial charge in [0.2, 0.25) is 0 Å². The highest BCUT2D eigenvalue weighted by Crippen LogP contribution is 2.34. The van der Waals surface area contributed by atoms with Crippen LogP contribution < -0.4 is 0 Å². The van der Waals surface area contributed by atoms with Crippen LogP contribution in [0.1, 0.15) is 11.5 Å². The van der Waals surface area contributed by atoms with E-state index in [0.29, 0.717) is 16.5 Å². The van der Waals surface area contributed by atoms with Crippen LogP contribution in [0, 0.1) is 0 Å². The highest BCUT2D eigenvalue weighted by atomic mass is 35.5. The monoisotopic (exact) mass is 367 g/mol. The van der Waals surface area contributed by atoms with Gasteiger partial charge in [0.25, 0.3) is 0 Å². The van der Waals surface area contributed by atoms with E-state index < -0.39 is 0 Å². The van der Waals surface area contributed by atoms with Crippen molar-refractivity contribution < 1.29 is 0 Å². The zero-order chi connectivity index (χ0) is 17.2. The second-order valence-electron chi connectivity index (χ2n) is 5.77. The van der Waals surface area contributed by atoms with Crippen molar-refractivity contribution in [3.8, 4) is 22.5 Å². The Kier molecular flexibility index (Phi) is 4.35. The van der Waals surface area contributed by atoms with Crippen LogP contribution >= 0.6 is 23.2 Å². The standard InChI is InChI=1S/C20H15Cl2N3/c21-16-9-8-14(11-17(16)22)20-19(13-5-2-1-3-6-13)24-18(25-20)12-15-7-4-10-23-15/h1-11,23H,12H2,(H,24,25). The Hall–Kier alpha value is -2.49. The number of aromatic nitrogens is 3. The molecule has 0 fully saturated rings. The topological polar surface area (TPSA) is 44.5 Å². The molecule has 2 aromatic carbocycles. The first-order valence-electron chi connectivity index (χ1n) is 7.93. The number of H-pyrrole nitrogens is 2. The summed E-state index contributed by atoms with van der Waals surface area (Å²) in [6, 6.07) is 19.8. The number of hydrogen-bond donors (Lipinski definition) is 2. The molecule has 0 amide bonds. The summed E-state index contributed by atoms with van der Waals surface area (Å²) in [6.45, 7) is 0. The molecule has 0 aliphatic carbocycles.